The van der Waals surface area contributed by atoms with Crippen LogP contribution in [0.4, 0.5) is 5.69 Å². The van der Waals surface area contributed by atoms with E-state index in [-0.39, 0.29) is 11.6 Å². The third-order valence-corrected chi connectivity index (χ3v) is 6.60. The van der Waals surface area contributed by atoms with Crippen molar-refractivity contribution in [1.82, 2.24) is 19.4 Å². The number of benzene rings is 2. The van der Waals surface area contributed by atoms with Gasteiger partial charge in [-0.2, -0.15) is 14.9 Å². The number of hydrogen-bond donors (Lipinski definition) is 0. The number of morpholine rings is 1. The Bertz CT molecular complexity index is 1260. The van der Waals surface area contributed by atoms with E-state index < -0.39 is 4.92 Å². The topological polar surface area (TPSA) is 90.7 Å². The molecule has 2 aromatic carbocycles. The van der Waals surface area contributed by atoms with E-state index in [4.69, 9.17) is 22.1 Å². The molecule has 1 fully saturated rings. The maximum Gasteiger partial charge on any atom is 0.269 e. The highest BCUT2D eigenvalue weighted by Gasteiger charge is 2.21. The molecule has 0 spiro atoms. The van der Waals surface area contributed by atoms with Gasteiger partial charge in [-0.1, -0.05) is 45.0 Å². The summed E-state index contributed by atoms with van der Waals surface area (Å²) >= 11 is 5.79. The molecule has 4 rings (SSSR count). The van der Waals surface area contributed by atoms with Gasteiger partial charge < -0.3 is 4.74 Å². The van der Waals surface area contributed by atoms with Crippen LogP contribution in [0.15, 0.2) is 53.6 Å². The molecule has 0 saturated carbocycles. The van der Waals surface area contributed by atoms with Crippen LogP contribution < -0.4 is 0 Å². The average Bonchev–Trinajstić information content (AvgIpc) is 3.18. The van der Waals surface area contributed by atoms with E-state index in [1.54, 1.807) is 23.0 Å². The van der Waals surface area contributed by atoms with Crippen molar-refractivity contribution in [3.05, 3.63) is 85.9 Å². The van der Waals surface area contributed by atoms with Gasteiger partial charge in [0.1, 0.15) is 0 Å². The van der Waals surface area contributed by atoms with E-state index in [1.807, 2.05) is 4.68 Å². The Morgan fingerprint density at radius 1 is 1.11 bits per heavy atom. The summed E-state index contributed by atoms with van der Waals surface area (Å²) in [5.41, 5.74) is 3.22. The Balaban J connectivity index is 1.66. The molecular formula is C26H32N6O3S. The molecule has 0 N–H and O–H groups in total. The van der Waals surface area contributed by atoms with Crippen LogP contribution in [-0.2, 0) is 17.8 Å². The zero-order chi connectivity index (χ0) is 25.7. The van der Waals surface area contributed by atoms with E-state index in [0.717, 1.165) is 36.5 Å². The van der Waals surface area contributed by atoms with Crippen molar-refractivity contribution < 1.29 is 9.66 Å². The molecule has 0 radical (unpaired) electrons. The Hall–Kier alpha value is -3.21. The maximum absolute atomic E-state index is 11.0. The standard InChI is InChI=1S/C26H32N6O3S/c1-19(2)16-21-4-8-23(9-5-21)20(3)25-28-30(18-29-12-14-35-15-13-29)26(36)31(25)27-17-22-6-10-24(11-7-22)32(33)34/h4-11,17,19-20H,12-16,18H2,1-3H3/b27-17+/t20-/m1/s1. The zero-order valence-electron chi connectivity index (χ0n) is 20.9. The molecule has 1 aliphatic rings. The molecular weight excluding hydrogens is 476 g/mol. The van der Waals surface area contributed by atoms with E-state index >= 15 is 0 Å². The van der Waals surface area contributed by atoms with Crippen LogP contribution >= 0.6 is 12.2 Å². The van der Waals surface area contributed by atoms with Crippen molar-refractivity contribution in [2.45, 2.75) is 39.8 Å². The lowest BCUT2D eigenvalue weighted by Crippen LogP contribution is -2.37. The predicted molar refractivity (Wildman–Crippen MR) is 142 cm³/mol. The first-order valence-electron chi connectivity index (χ1n) is 12.2. The second-order valence-electron chi connectivity index (χ2n) is 9.48. The van der Waals surface area contributed by atoms with Gasteiger partial charge in [-0.3, -0.25) is 15.0 Å². The van der Waals surface area contributed by atoms with Crippen molar-refractivity contribution in [3.63, 3.8) is 0 Å². The minimum Gasteiger partial charge on any atom is -0.379 e. The highest BCUT2D eigenvalue weighted by Crippen LogP contribution is 2.25. The Labute approximate surface area is 216 Å². The average molecular weight is 509 g/mol. The smallest absolute Gasteiger partial charge is 0.269 e. The van der Waals surface area contributed by atoms with E-state index in [2.05, 4.69) is 55.0 Å². The molecule has 0 bridgehead atoms. The Morgan fingerprint density at radius 3 is 2.39 bits per heavy atom. The lowest BCUT2D eigenvalue weighted by atomic mass is 9.96. The van der Waals surface area contributed by atoms with E-state index in [1.165, 1.54) is 17.7 Å². The molecule has 1 saturated heterocycles. The fourth-order valence-corrected chi connectivity index (χ4v) is 4.43. The molecule has 190 valence electrons. The molecule has 10 heteroatoms. The Morgan fingerprint density at radius 2 is 1.78 bits per heavy atom. The molecule has 2 heterocycles. The van der Waals surface area contributed by atoms with Crippen molar-refractivity contribution in [2.75, 3.05) is 26.3 Å². The number of nitro benzene ring substituents is 1. The highest BCUT2D eigenvalue weighted by atomic mass is 32.1. The van der Waals surface area contributed by atoms with Gasteiger partial charge in [-0.15, -0.1) is 0 Å². The maximum atomic E-state index is 11.0. The van der Waals surface area contributed by atoms with Gasteiger partial charge in [0.2, 0.25) is 4.77 Å². The summed E-state index contributed by atoms with van der Waals surface area (Å²) in [5, 5.41) is 20.5. The molecule has 0 aliphatic carbocycles. The van der Waals surface area contributed by atoms with Crippen LogP contribution in [0.25, 0.3) is 0 Å². The largest absolute Gasteiger partial charge is 0.379 e. The number of hydrogen-bond acceptors (Lipinski definition) is 7. The van der Waals surface area contributed by atoms with Gasteiger partial charge in [0, 0.05) is 31.1 Å². The normalized spacial score (nSPS) is 15.6. The molecule has 1 aromatic heterocycles. The molecule has 0 amide bonds. The van der Waals surface area contributed by atoms with Gasteiger partial charge in [-0.25, -0.2) is 4.68 Å². The number of ether oxygens (including phenoxy) is 1. The van der Waals surface area contributed by atoms with Gasteiger partial charge in [0.05, 0.1) is 31.0 Å². The molecule has 36 heavy (non-hydrogen) atoms. The summed E-state index contributed by atoms with van der Waals surface area (Å²) in [5.74, 6) is 1.30. The summed E-state index contributed by atoms with van der Waals surface area (Å²) in [6.07, 6.45) is 2.70. The molecule has 1 aliphatic heterocycles. The molecule has 3 aromatic rings. The molecule has 9 nitrogen and oxygen atoms in total. The minimum absolute atomic E-state index is 0.0392. The van der Waals surface area contributed by atoms with Crippen molar-refractivity contribution in [1.29, 1.82) is 0 Å². The first kappa shape index (κ1) is 25.9. The first-order valence-corrected chi connectivity index (χ1v) is 12.6. The van der Waals surface area contributed by atoms with Crippen molar-refractivity contribution in [3.8, 4) is 0 Å². The van der Waals surface area contributed by atoms with Crippen LogP contribution in [-0.4, -0.2) is 56.8 Å². The second kappa shape index (κ2) is 11.7. The summed E-state index contributed by atoms with van der Waals surface area (Å²) in [6.45, 7) is 10.1. The number of nitro groups is 1. The lowest BCUT2D eigenvalue weighted by molar-refractivity contribution is -0.384. The lowest BCUT2D eigenvalue weighted by Gasteiger charge is -2.26. The zero-order valence-corrected chi connectivity index (χ0v) is 21.7. The third-order valence-electron chi connectivity index (χ3n) is 6.22. The fourth-order valence-electron chi connectivity index (χ4n) is 4.19. The monoisotopic (exact) mass is 508 g/mol. The highest BCUT2D eigenvalue weighted by molar-refractivity contribution is 7.71. The van der Waals surface area contributed by atoms with Gasteiger partial charge >= 0.3 is 0 Å². The van der Waals surface area contributed by atoms with E-state index in [0.29, 0.717) is 30.6 Å². The fraction of sp³-hybridized carbons (Fsp3) is 0.423. The number of nitrogens with zero attached hydrogens (tertiary/aromatic N) is 6. The first-order chi connectivity index (χ1) is 17.3. The SMILES string of the molecule is CC(C)Cc1ccc([C@@H](C)c2nn(CN3CCOCC3)c(=S)n2/N=C/c2ccc([N+](=O)[O-])cc2)cc1. The van der Waals surface area contributed by atoms with Gasteiger partial charge in [0.25, 0.3) is 5.69 Å². The summed E-state index contributed by atoms with van der Waals surface area (Å²) < 4.78 is 9.48. The summed E-state index contributed by atoms with van der Waals surface area (Å²) in [7, 11) is 0. The van der Waals surface area contributed by atoms with Crippen LogP contribution in [0.5, 0.6) is 0 Å². The van der Waals surface area contributed by atoms with Crippen molar-refractivity contribution >= 4 is 24.1 Å². The van der Waals surface area contributed by atoms with Crippen LogP contribution in [0.1, 0.15) is 49.2 Å². The van der Waals surface area contributed by atoms with Crippen LogP contribution in [0, 0.1) is 20.8 Å². The number of aromatic nitrogens is 3. The predicted octanol–water partition coefficient (Wildman–Crippen LogP) is 4.84. The Kier molecular flexibility index (Phi) is 8.40. The minimum atomic E-state index is -0.418. The molecule has 1 atom stereocenters. The van der Waals surface area contributed by atoms with Gasteiger partial charge in [0.15, 0.2) is 5.82 Å². The second-order valence-corrected chi connectivity index (χ2v) is 9.84. The van der Waals surface area contributed by atoms with E-state index in [9.17, 15) is 10.1 Å². The van der Waals surface area contributed by atoms with Crippen molar-refractivity contribution in [2.24, 2.45) is 11.0 Å². The number of non-ortho nitro benzene ring substituents is 1. The summed E-state index contributed by atoms with van der Waals surface area (Å²) in [4.78, 5) is 12.8. The van der Waals surface area contributed by atoms with Crippen LogP contribution in [0.3, 0.4) is 0 Å². The quantitative estimate of drug-likeness (QED) is 0.178. The number of rotatable bonds is 9. The van der Waals surface area contributed by atoms with Gasteiger partial charge in [-0.05, 0) is 53.4 Å². The van der Waals surface area contributed by atoms with Crippen LogP contribution in [0.2, 0.25) is 0 Å². The summed E-state index contributed by atoms with van der Waals surface area (Å²) in [6, 6.07) is 14.9. The third kappa shape index (κ3) is 6.31. The molecule has 0 unspecified atom stereocenters.